The predicted octanol–water partition coefficient (Wildman–Crippen LogP) is 14.3. The summed E-state index contributed by atoms with van der Waals surface area (Å²) in [6, 6.07) is 33.0. The Hall–Kier alpha value is -11.3. The van der Waals surface area contributed by atoms with Crippen LogP contribution in [0.5, 0.6) is 80.5 Å². The van der Waals surface area contributed by atoms with Gasteiger partial charge in [0.05, 0.1) is 130 Å². The zero-order valence-corrected chi connectivity index (χ0v) is 74.4. The molecule has 0 saturated carbocycles. The first-order valence-electron chi connectivity index (χ1n) is 37.3. The van der Waals surface area contributed by atoms with E-state index >= 15 is 0 Å². The van der Waals surface area contributed by atoms with Gasteiger partial charge in [0.15, 0.2) is 80.5 Å². The van der Waals surface area contributed by atoms with Crippen molar-refractivity contribution in [3.8, 4) is 80.5 Å². The van der Waals surface area contributed by atoms with Gasteiger partial charge in [-0.1, -0.05) is 61.3 Å². The van der Waals surface area contributed by atoms with Crippen LogP contribution >= 0.6 is 0 Å². The summed E-state index contributed by atoms with van der Waals surface area (Å²) >= 11 is -1.44. The average molecular weight is 1820 g/mol. The van der Waals surface area contributed by atoms with Crippen LogP contribution in [0.25, 0.3) is 0 Å². The molecular weight excluding hydrogens is 1690 g/mol. The molecule has 693 valence electrons. The first-order chi connectivity index (χ1) is 56.8. The van der Waals surface area contributed by atoms with Crippen molar-refractivity contribution in [3.63, 3.8) is 0 Å². The number of carboxylic acids is 1. The Balaban J connectivity index is -0.000000429. The van der Waals surface area contributed by atoms with Crippen LogP contribution < -0.4 is 63.2 Å². The summed E-state index contributed by atoms with van der Waals surface area (Å²) in [4.78, 5) is 65.4. The fraction of sp³-hybridized carbons (Fsp3) is 0.448. The van der Waals surface area contributed by atoms with Gasteiger partial charge in [0, 0.05) is 31.0 Å². The van der Waals surface area contributed by atoms with Gasteiger partial charge in [0.2, 0.25) is 5.91 Å². The number of carboxylic acid groups (broad SMARTS) is 1. The number of nitrogens with two attached hydrogens (primary N) is 1. The molecule has 0 aliphatic rings. The Morgan fingerprint density at radius 3 is 1.11 bits per heavy atom. The minimum atomic E-state index is -3.11. The zero-order valence-electron chi connectivity index (χ0n) is 71.6. The summed E-state index contributed by atoms with van der Waals surface area (Å²) in [6.07, 6.45) is 3.66. The quantitative estimate of drug-likeness (QED) is 0.00647. The van der Waals surface area contributed by atoms with E-state index in [9.17, 15) is 50.7 Å². The van der Waals surface area contributed by atoms with Gasteiger partial charge in [-0.05, 0) is 200 Å². The first kappa shape index (κ1) is 120. The van der Waals surface area contributed by atoms with Crippen LogP contribution in [-0.4, -0.2) is 204 Å². The molecule has 0 aliphatic carbocycles. The molecule has 0 fully saturated rings. The number of nitrogens with one attached hydrogen (secondary N) is 1. The number of phenols is 3. The number of aldehydes is 1. The Morgan fingerprint density at radius 2 is 0.772 bits per heavy atom. The van der Waals surface area contributed by atoms with E-state index in [-0.39, 0.29) is 93.5 Å². The maximum absolute atomic E-state index is 11.5. The van der Waals surface area contributed by atoms with E-state index in [2.05, 4.69) is 5.32 Å². The molecule has 1 amide bonds. The molecule has 7 rings (SSSR count). The number of aromatic hydroxyl groups is 3. The third kappa shape index (κ3) is 50.0. The Morgan fingerprint density at radius 1 is 0.439 bits per heavy atom. The number of ether oxygens (including phenoxy) is 14. The number of aliphatic hydroxyl groups is 1. The van der Waals surface area contributed by atoms with Gasteiger partial charge in [-0.2, -0.15) is 0 Å². The van der Waals surface area contributed by atoms with Gasteiger partial charge < -0.3 is 103 Å². The van der Waals surface area contributed by atoms with E-state index in [1.54, 1.807) is 135 Å². The van der Waals surface area contributed by atoms with Crippen LogP contribution in [0, 0.1) is 5.92 Å². The third-order valence-electron chi connectivity index (χ3n) is 14.9. The predicted molar refractivity (Wildman–Crippen MR) is 465 cm³/mol. The van der Waals surface area contributed by atoms with Gasteiger partial charge in [-0.25, -0.2) is 36.0 Å². The van der Waals surface area contributed by atoms with Crippen LogP contribution in [-0.2, 0) is 72.6 Å². The number of sulfone groups is 2. The molecule has 0 heterocycles. The van der Waals surface area contributed by atoms with Crippen molar-refractivity contribution in [2.45, 2.75) is 136 Å². The average Bonchev–Trinajstić information content (AvgIpc) is 0.840. The number of carbonyl (C=O) groups excluding carboxylic acids is 5. The molecule has 8 N–H and O–H groups in total. The van der Waals surface area contributed by atoms with Gasteiger partial charge in [0.25, 0.3) is 0 Å². The van der Waals surface area contributed by atoms with Crippen molar-refractivity contribution in [3.05, 3.63) is 166 Å². The summed E-state index contributed by atoms with van der Waals surface area (Å²) in [5.41, 5.74) is 9.91. The Bertz CT molecular complexity index is 4410. The number of phenolic OH excluding ortho intramolecular Hbond substituents is 3. The molecule has 0 aromatic heterocycles. The molecule has 7 aromatic carbocycles. The van der Waals surface area contributed by atoms with E-state index in [1.165, 1.54) is 56.9 Å². The summed E-state index contributed by atoms with van der Waals surface area (Å²) < 4.78 is 133. The van der Waals surface area contributed by atoms with Gasteiger partial charge in [0.1, 0.15) is 32.0 Å². The van der Waals surface area contributed by atoms with Crippen molar-refractivity contribution >= 4 is 55.7 Å². The topological polar surface area (TPSA) is 473 Å². The fourth-order valence-corrected chi connectivity index (χ4v) is 11.6. The normalized spacial score (nSPS) is 10.6. The second kappa shape index (κ2) is 67.3. The van der Waals surface area contributed by atoms with E-state index < -0.39 is 64.5 Å². The number of hydrogen-bond donors (Lipinski definition) is 7. The van der Waals surface area contributed by atoms with Crippen molar-refractivity contribution in [1.82, 2.24) is 5.32 Å². The molecule has 0 bridgehead atoms. The van der Waals surface area contributed by atoms with Crippen LogP contribution in [0.4, 0.5) is 0 Å². The van der Waals surface area contributed by atoms with Crippen LogP contribution in [0.1, 0.15) is 182 Å². The van der Waals surface area contributed by atoms with Gasteiger partial charge in [-0.15, -0.1) is 0 Å². The number of amides is 1. The fourth-order valence-electron chi connectivity index (χ4n) is 9.68. The number of rotatable bonds is 34. The second-order valence-corrected chi connectivity index (χ2v) is 29.3. The summed E-state index contributed by atoms with van der Waals surface area (Å²) in [6.45, 7) is 25.3. The number of benzene rings is 7. The molecule has 33 nitrogen and oxygen atoms in total. The zero-order chi connectivity index (χ0) is 91.7. The van der Waals surface area contributed by atoms with E-state index in [0.717, 1.165) is 23.5 Å². The number of methoxy groups -OCH3 is 6. The maximum atomic E-state index is 11.5. The number of aliphatic carboxylic acids is 1. The molecule has 36 heteroatoms. The van der Waals surface area contributed by atoms with E-state index in [4.69, 9.17) is 100 Å². The van der Waals surface area contributed by atoms with Crippen LogP contribution in [0.15, 0.2) is 127 Å². The van der Waals surface area contributed by atoms with Crippen molar-refractivity contribution < 1.29 is 160 Å². The van der Waals surface area contributed by atoms with E-state index in [1.807, 2.05) is 67.5 Å². The molecule has 0 saturated heterocycles. The van der Waals surface area contributed by atoms with Crippen molar-refractivity contribution in [2.24, 2.45) is 11.7 Å². The van der Waals surface area contributed by atoms with Crippen LogP contribution in [0.2, 0.25) is 0 Å². The number of carbonyl (C=O) groups is 6. The molecule has 0 radical (unpaired) electrons. The van der Waals surface area contributed by atoms with Crippen molar-refractivity contribution in [1.29, 1.82) is 0 Å². The minimum absolute atomic E-state index is 0. The molecule has 3 atom stereocenters. The second-order valence-electron chi connectivity index (χ2n) is 24.8. The summed E-state index contributed by atoms with van der Waals surface area (Å²) in [5.74, 6) is 3.58. The molecule has 0 spiro atoms. The Labute approximate surface area is 731 Å². The van der Waals surface area contributed by atoms with Gasteiger partial charge >= 0.3 is 46.4 Å². The van der Waals surface area contributed by atoms with Gasteiger partial charge in [-0.3, -0.25) is 9.59 Å². The molecule has 0 aliphatic heterocycles. The Kier molecular flexibility index (Phi) is 65.8. The third-order valence-corrected chi connectivity index (χ3v) is 16.9. The van der Waals surface area contributed by atoms with Crippen LogP contribution in [0.3, 0.4) is 0 Å². The monoisotopic (exact) mass is 1820 g/mol. The standard InChI is InChI=1S/C13H20O4S.C12H19NO4S.C12H16O4.C10H12O4.C10H14O3.C10H12O3.C9H10O4.C8H15NO3.3CH4.Mn.2O/c1-5-17-13-8-11(6-7-12(13)16-3)10(2)9-18(4,14)15;1-4-17-12-7-9(5-6-11(12)16-2)10(13)8-18(3,14)15;1-4-15-11-8-9(12(13)16-5-2)6-7-10(11)14-3;1-3-14-10(12)7-4-5-9(13-2)8(11)6-7;2*1-3-13-10-6-8(7-11)4-5-9(10)12-2;1-2-13-9(12)6-3-4-7(10)8(11)5-6;1-5(2)4-7(8(11)12)9-6(3)10;;;;;;/h6-8,10H,5,9H2,1-4H3;5-7,10H,4,8,13H2,1-3H3;6-8H,4-5H2,1-3H3;4-6,11H,3H2,1-2H3;4-6,11H,3,7H2,1-2H3;4-7H,3H2,1-2H3;3-5,10-11H,2H2,1H3;5,7H,4H2,1-3H3,(H,9,10)(H,11,12);3*1H4;;;/t10-;;;;;;;7-;;;;;;/m1......0....../s1. The van der Waals surface area contributed by atoms with Crippen molar-refractivity contribution in [2.75, 3.05) is 120 Å². The number of hydrogen-bond acceptors (Lipinski definition) is 31. The SMILES string of the molecule is C.C.C.CC(=O)N[C@@H](CC(C)C)C(=O)O.CCOC(=O)c1ccc(O)c(O)c1.CCOC(=O)c1ccc(OC)c(O)c1.CCOC(=O)c1ccc(OC)c(OCC)c1.CCOc1cc(C(N)CS(C)(=O)=O)ccc1OC.CCOc1cc(C=O)ccc1OC.CCOc1cc(CO)ccc1OC.CCOc1cc([C@H](C)CS(C)(=O)=O)ccc1OC.[O]=[Mn]=[O]. The summed E-state index contributed by atoms with van der Waals surface area (Å²) in [5, 5.41) is 47.3. The molecule has 1 unspecified atom stereocenters. The first-order valence-corrected chi connectivity index (χ1v) is 42.4. The summed E-state index contributed by atoms with van der Waals surface area (Å²) in [7, 11) is 3.20. The molecule has 123 heavy (non-hydrogen) atoms. The molecular formula is C87H130MnN2O31S2. The number of aliphatic hydroxyl groups excluding tert-OH is 1. The molecule has 7 aromatic rings. The number of esters is 3. The van der Waals surface area contributed by atoms with E-state index in [0.29, 0.717) is 138 Å².